The highest BCUT2D eigenvalue weighted by molar-refractivity contribution is 7.89. The fourth-order valence-corrected chi connectivity index (χ4v) is 3.70. The number of halogens is 2. The van der Waals surface area contributed by atoms with E-state index in [2.05, 4.69) is 0 Å². The van der Waals surface area contributed by atoms with Gasteiger partial charge in [-0.1, -0.05) is 11.6 Å². The van der Waals surface area contributed by atoms with E-state index in [1.54, 1.807) is 13.8 Å². The van der Waals surface area contributed by atoms with E-state index in [0.717, 1.165) is 22.5 Å². The zero-order valence-electron chi connectivity index (χ0n) is 10.1. The van der Waals surface area contributed by atoms with Gasteiger partial charge < -0.3 is 5.11 Å². The van der Waals surface area contributed by atoms with Gasteiger partial charge in [-0.2, -0.15) is 4.31 Å². The molecule has 0 aromatic heterocycles. The quantitative estimate of drug-likeness (QED) is 0.902. The molecule has 0 amide bonds. The molecule has 0 aliphatic heterocycles. The number of sulfonamides is 1. The molecule has 0 spiro atoms. The van der Waals surface area contributed by atoms with Crippen LogP contribution in [0.1, 0.15) is 13.8 Å². The standard InChI is InChI=1S/C11H15ClFNO3S/c1-8(2)14(5-6-15)18(16,17)11-4-3-9(13)7-10(11)12/h3-4,7-8,15H,5-6H2,1-2H3. The highest BCUT2D eigenvalue weighted by atomic mass is 35.5. The number of rotatable bonds is 5. The van der Waals surface area contributed by atoms with Crippen molar-refractivity contribution in [2.75, 3.05) is 13.2 Å². The van der Waals surface area contributed by atoms with E-state index >= 15 is 0 Å². The van der Waals surface area contributed by atoms with Gasteiger partial charge in [-0.3, -0.25) is 0 Å². The van der Waals surface area contributed by atoms with E-state index < -0.39 is 15.8 Å². The second kappa shape index (κ2) is 5.97. The van der Waals surface area contributed by atoms with Gasteiger partial charge >= 0.3 is 0 Å². The van der Waals surface area contributed by atoms with E-state index in [9.17, 15) is 12.8 Å². The lowest BCUT2D eigenvalue weighted by atomic mass is 10.3. The molecule has 4 nitrogen and oxygen atoms in total. The Morgan fingerprint density at radius 3 is 2.50 bits per heavy atom. The minimum Gasteiger partial charge on any atom is -0.395 e. The third kappa shape index (κ3) is 3.20. The van der Waals surface area contributed by atoms with Crippen LogP contribution in [0, 0.1) is 5.82 Å². The molecule has 0 unspecified atom stereocenters. The minimum absolute atomic E-state index is 0.0340. The molecule has 0 radical (unpaired) electrons. The van der Waals surface area contributed by atoms with E-state index in [1.807, 2.05) is 0 Å². The summed E-state index contributed by atoms with van der Waals surface area (Å²) in [5.41, 5.74) is 0. The monoisotopic (exact) mass is 295 g/mol. The first-order valence-electron chi connectivity index (χ1n) is 5.38. The number of hydrogen-bond donors (Lipinski definition) is 1. The van der Waals surface area contributed by atoms with Gasteiger partial charge in [-0.25, -0.2) is 12.8 Å². The molecule has 0 bridgehead atoms. The molecule has 0 fully saturated rings. The second-order valence-corrected chi connectivity index (χ2v) is 6.27. The molecular weight excluding hydrogens is 281 g/mol. The lowest BCUT2D eigenvalue weighted by Gasteiger charge is -2.25. The normalized spacial score (nSPS) is 12.4. The highest BCUT2D eigenvalue weighted by Gasteiger charge is 2.28. The Labute approximate surface area is 111 Å². The fourth-order valence-electron chi connectivity index (χ4n) is 1.57. The third-order valence-electron chi connectivity index (χ3n) is 2.38. The number of benzene rings is 1. The van der Waals surface area contributed by atoms with Crippen LogP contribution in [-0.2, 0) is 10.0 Å². The number of aliphatic hydroxyl groups is 1. The van der Waals surface area contributed by atoms with Gasteiger partial charge in [0.05, 0.1) is 11.6 Å². The van der Waals surface area contributed by atoms with Crippen LogP contribution in [0.4, 0.5) is 4.39 Å². The average Bonchev–Trinajstić information content (AvgIpc) is 2.24. The second-order valence-electron chi connectivity index (χ2n) is 4.01. The summed E-state index contributed by atoms with van der Waals surface area (Å²) in [6.07, 6.45) is 0. The van der Waals surface area contributed by atoms with Crippen LogP contribution in [0.5, 0.6) is 0 Å². The summed E-state index contributed by atoms with van der Waals surface area (Å²) in [4.78, 5) is -0.160. The van der Waals surface area contributed by atoms with E-state index in [0.29, 0.717) is 0 Å². The van der Waals surface area contributed by atoms with Crippen molar-refractivity contribution < 1.29 is 17.9 Å². The summed E-state index contributed by atoms with van der Waals surface area (Å²) in [5, 5.41) is 8.74. The summed E-state index contributed by atoms with van der Waals surface area (Å²) < 4.78 is 38.6. The molecule has 1 rings (SSSR count). The maximum Gasteiger partial charge on any atom is 0.244 e. The Morgan fingerprint density at radius 2 is 2.06 bits per heavy atom. The smallest absolute Gasteiger partial charge is 0.244 e. The van der Waals surface area contributed by atoms with Crippen molar-refractivity contribution in [3.63, 3.8) is 0 Å². The van der Waals surface area contributed by atoms with Gasteiger partial charge in [0.1, 0.15) is 10.7 Å². The molecule has 0 atom stereocenters. The van der Waals surface area contributed by atoms with Crippen LogP contribution < -0.4 is 0 Å². The van der Waals surface area contributed by atoms with Gasteiger partial charge in [0.25, 0.3) is 0 Å². The molecule has 0 heterocycles. The predicted molar refractivity (Wildman–Crippen MR) is 67.5 cm³/mol. The van der Waals surface area contributed by atoms with Crippen molar-refractivity contribution in [2.45, 2.75) is 24.8 Å². The summed E-state index contributed by atoms with van der Waals surface area (Å²) in [6.45, 7) is 3.04. The van der Waals surface area contributed by atoms with Crippen molar-refractivity contribution in [3.8, 4) is 0 Å². The lowest BCUT2D eigenvalue weighted by Crippen LogP contribution is -2.39. The van der Waals surface area contributed by atoms with E-state index in [4.69, 9.17) is 16.7 Å². The van der Waals surface area contributed by atoms with E-state index in [-0.39, 0.29) is 29.1 Å². The molecular formula is C11H15ClFNO3S. The molecule has 102 valence electrons. The summed E-state index contributed by atoms with van der Waals surface area (Å²) in [7, 11) is -3.84. The first-order chi connectivity index (χ1) is 8.30. The Morgan fingerprint density at radius 1 is 1.44 bits per heavy atom. The van der Waals surface area contributed by atoms with Crippen LogP contribution >= 0.6 is 11.6 Å². The average molecular weight is 296 g/mol. The van der Waals surface area contributed by atoms with Crippen molar-refractivity contribution in [2.24, 2.45) is 0 Å². The molecule has 0 aliphatic rings. The van der Waals surface area contributed by atoms with Crippen LogP contribution in [0.25, 0.3) is 0 Å². The molecule has 1 aromatic rings. The molecule has 0 saturated heterocycles. The van der Waals surface area contributed by atoms with Crippen LogP contribution in [0.15, 0.2) is 23.1 Å². The summed E-state index contributed by atoms with van der Waals surface area (Å²) >= 11 is 5.75. The molecule has 7 heteroatoms. The zero-order valence-corrected chi connectivity index (χ0v) is 11.7. The van der Waals surface area contributed by atoms with Gasteiger partial charge in [0.15, 0.2) is 0 Å². The molecule has 0 aliphatic carbocycles. The van der Waals surface area contributed by atoms with Gasteiger partial charge in [-0.05, 0) is 32.0 Å². The summed E-state index contributed by atoms with van der Waals surface area (Å²) in [5.74, 6) is -0.600. The Kier molecular flexibility index (Phi) is 5.10. The largest absolute Gasteiger partial charge is 0.395 e. The van der Waals surface area contributed by atoms with Gasteiger partial charge in [0, 0.05) is 12.6 Å². The van der Waals surface area contributed by atoms with Gasteiger partial charge in [0.2, 0.25) is 10.0 Å². The summed E-state index contributed by atoms with van der Waals surface area (Å²) in [6, 6.07) is 2.78. The fraction of sp³-hybridized carbons (Fsp3) is 0.455. The molecule has 18 heavy (non-hydrogen) atoms. The topological polar surface area (TPSA) is 57.6 Å². The lowest BCUT2D eigenvalue weighted by molar-refractivity contribution is 0.236. The van der Waals surface area contributed by atoms with Crippen LogP contribution in [0.3, 0.4) is 0 Å². The minimum atomic E-state index is -3.84. The predicted octanol–water partition coefficient (Wildman–Crippen LogP) is 1.87. The van der Waals surface area contributed by atoms with Crippen molar-refractivity contribution in [3.05, 3.63) is 29.0 Å². The number of hydrogen-bond acceptors (Lipinski definition) is 3. The van der Waals surface area contributed by atoms with Crippen LogP contribution in [0.2, 0.25) is 5.02 Å². The Bertz CT molecular complexity index is 519. The first-order valence-corrected chi connectivity index (χ1v) is 7.20. The van der Waals surface area contributed by atoms with Crippen molar-refractivity contribution in [1.29, 1.82) is 0 Å². The number of aliphatic hydroxyl groups excluding tert-OH is 1. The zero-order chi connectivity index (χ0) is 13.9. The first kappa shape index (κ1) is 15.4. The Balaban J connectivity index is 3.26. The maximum atomic E-state index is 12.9. The highest BCUT2D eigenvalue weighted by Crippen LogP contribution is 2.26. The molecule has 1 N–H and O–H groups in total. The van der Waals surface area contributed by atoms with Crippen molar-refractivity contribution in [1.82, 2.24) is 4.31 Å². The SMILES string of the molecule is CC(C)N(CCO)S(=O)(=O)c1ccc(F)cc1Cl. The number of nitrogens with zero attached hydrogens (tertiary/aromatic N) is 1. The Hall–Kier alpha value is -0.690. The van der Waals surface area contributed by atoms with Gasteiger partial charge in [-0.15, -0.1) is 0 Å². The maximum absolute atomic E-state index is 12.9. The molecule has 1 aromatic carbocycles. The van der Waals surface area contributed by atoms with E-state index in [1.165, 1.54) is 0 Å². The third-order valence-corrected chi connectivity index (χ3v) is 4.94. The van der Waals surface area contributed by atoms with Crippen molar-refractivity contribution >= 4 is 21.6 Å². The molecule has 0 saturated carbocycles. The van der Waals surface area contributed by atoms with Crippen LogP contribution in [-0.4, -0.2) is 37.0 Å².